The first-order valence-corrected chi connectivity index (χ1v) is 10.1. The molecule has 2 aromatic carbocycles. The van der Waals surface area contributed by atoms with Crippen molar-refractivity contribution in [2.75, 3.05) is 39.9 Å². The Kier molecular flexibility index (Phi) is 7.50. The molecular weight excluding hydrogens is 368 g/mol. The molecule has 0 aliphatic carbocycles. The van der Waals surface area contributed by atoms with E-state index in [1.165, 1.54) is 0 Å². The standard InChI is InChI=1S/C23H28N2O4/c1-28-20-12-10-19(11-13-20)23(27)25-15-6-14-24(16-17-25)22(26)9-5-18-29-21-7-3-2-4-8-21/h2-4,7-8,10-13H,5-6,9,14-18H2,1H3. The predicted molar refractivity (Wildman–Crippen MR) is 111 cm³/mol. The first-order chi connectivity index (χ1) is 14.2. The molecule has 0 radical (unpaired) electrons. The summed E-state index contributed by atoms with van der Waals surface area (Å²) in [5.41, 5.74) is 0.642. The van der Waals surface area contributed by atoms with Crippen LogP contribution in [0.25, 0.3) is 0 Å². The number of hydrogen-bond donors (Lipinski definition) is 0. The molecule has 2 amide bonds. The highest BCUT2D eigenvalue weighted by Crippen LogP contribution is 2.15. The van der Waals surface area contributed by atoms with Gasteiger partial charge in [-0.25, -0.2) is 0 Å². The molecular formula is C23H28N2O4. The van der Waals surface area contributed by atoms with Crippen LogP contribution >= 0.6 is 0 Å². The van der Waals surface area contributed by atoms with E-state index in [0.29, 0.717) is 51.2 Å². The smallest absolute Gasteiger partial charge is 0.253 e. The van der Waals surface area contributed by atoms with Gasteiger partial charge in [0.05, 0.1) is 13.7 Å². The lowest BCUT2D eigenvalue weighted by Gasteiger charge is -2.22. The van der Waals surface area contributed by atoms with Crippen LogP contribution in [0, 0.1) is 0 Å². The van der Waals surface area contributed by atoms with E-state index in [1.54, 1.807) is 31.4 Å². The highest BCUT2D eigenvalue weighted by atomic mass is 16.5. The van der Waals surface area contributed by atoms with Gasteiger partial charge in [0.1, 0.15) is 11.5 Å². The van der Waals surface area contributed by atoms with E-state index in [2.05, 4.69) is 0 Å². The lowest BCUT2D eigenvalue weighted by Crippen LogP contribution is -2.37. The van der Waals surface area contributed by atoms with Crippen molar-refractivity contribution in [3.63, 3.8) is 0 Å². The lowest BCUT2D eigenvalue weighted by atomic mass is 10.2. The summed E-state index contributed by atoms with van der Waals surface area (Å²) in [7, 11) is 1.60. The topological polar surface area (TPSA) is 59.1 Å². The number of hydrogen-bond acceptors (Lipinski definition) is 4. The third-order valence-corrected chi connectivity index (χ3v) is 5.02. The highest BCUT2D eigenvalue weighted by molar-refractivity contribution is 5.94. The number of amides is 2. The van der Waals surface area contributed by atoms with Crippen LogP contribution in [-0.2, 0) is 4.79 Å². The van der Waals surface area contributed by atoms with Crippen molar-refractivity contribution in [1.82, 2.24) is 9.80 Å². The van der Waals surface area contributed by atoms with Gasteiger partial charge in [-0.3, -0.25) is 9.59 Å². The number of para-hydroxylation sites is 1. The van der Waals surface area contributed by atoms with Crippen LogP contribution in [0.3, 0.4) is 0 Å². The average molecular weight is 396 g/mol. The zero-order chi connectivity index (χ0) is 20.5. The van der Waals surface area contributed by atoms with E-state index in [9.17, 15) is 9.59 Å². The van der Waals surface area contributed by atoms with Crippen LogP contribution < -0.4 is 9.47 Å². The van der Waals surface area contributed by atoms with Crippen molar-refractivity contribution in [2.24, 2.45) is 0 Å². The molecule has 0 spiro atoms. The van der Waals surface area contributed by atoms with Crippen molar-refractivity contribution in [3.8, 4) is 11.5 Å². The van der Waals surface area contributed by atoms with Gasteiger partial charge in [-0.05, 0) is 49.2 Å². The van der Waals surface area contributed by atoms with Crippen LogP contribution in [0.2, 0.25) is 0 Å². The Balaban J connectivity index is 1.43. The van der Waals surface area contributed by atoms with E-state index in [1.807, 2.05) is 40.1 Å². The van der Waals surface area contributed by atoms with Crippen LogP contribution in [0.4, 0.5) is 0 Å². The van der Waals surface area contributed by atoms with Crippen molar-refractivity contribution >= 4 is 11.8 Å². The molecule has 0 unspecified atom stereocenters. The third-order valence-electron chi connectivity index (χ3n) is 5.02. The molecule has 1 saturated heterocycles. The predicted octanol–water partition coefficient (Wildman–Crippen LogP) is 3.23. The van der Waals surface area contributed by atoms with Crippen molar-refractivity contribution in [2.45, 2.75) is 19.3 Å². The second-order valence-corrected chi connectivity index (χ2v) is 7.02. The van der Waals surface area contributed by atoms with E-state index in [-0.39, 0.29) is 11.8 Å². The maximum absolute atomic E-state index is 12.7. The summed E-state index contributed by atoms with van der Waals surface area (Å²) in [6.45, 7) is 2.99. The van der Waals surface area contributed by atoms with Crippen molar-refractivity contribution < 1.29 is 19.1 Å². The Morgan fingerprint density at radius 3 is 2.28 bits per heavy atom. The number of nitrogens with zero attached hydrogens (tertiary/aromatic N) is 2. The first-order valence-electron chi connectivity index (χ1n) is 10.1. The van der Waals surface area contributed by atoms with E-state index < -0.39 is 0 Å². The van der Waals surface area contributed by atoms with Crippen molar-refractivity contribution in [3.05, 3.63) is 60.2 Å². The quantitative estimate of drug-likeness (QED) is 0.674. The van der Waals surface area contributed by atoms with Crippen LogP contribution in [0.15, 0.2) is 54.6 Å². The van der Waals surface area contributed by atoms with E-state index in [0.717, 1.165) is 17.9 Å². The monoisotopic (exact) mass is 396 g/mol. The average Bonchev–Trinajstić information content (AvgIpc) is 3.03. The summed E-state index contributed by atoms with van der Waals surface area (Å²) in [5.74, 6) is 1.67. The number of ether oxygens (including phenoxy) is 2. The molecule has 0 bridgehead atoms. The zero-order valence-corrected chi connectivity index (χ0v) is 16.9. The zero-order valence-electron chi connectivity index (χ0n) is 16.9. The number of methoxy groups -OCH3 is 1. The largest absolute Gasteiger partial charge is 0.497 e. The first kappa shape index (κ1) is 20.7. The maximum atomic E-state index is 12.7. The molecule has 1 fully saturated rings. The van der Waals surface area contributed by atoms with Gasteiger partial charge >= 0.3 is 0 Å². The molecule has 0 N–H and O–H groups in total. The van der Waals surface area contributed by atoms with Gasteiger partial charge in [-0.15, -0.1) is 0 Å². The summed E-state index contributed by atoms with van der Waals surface area (Å²) in [5, 5.41) is 0. The van der Waals surface area contributed by atoms with Gasteiger partial charge in [0.25, 0.3) is 5.91 Å². The normalized spacial score (nSPS) is 14.2. The molecule has 1 aliphatic heterocycles. The Morgan fingerprint density at radius 2 is 1.55 bits per heavy atom. The maximum Gasteiger partial charge on any atom is 0.253 e. The molecule has 0 aromatic heterocycles. The molecule has 2 aromatic rings. The SMILES string of the molecule is COc1ccc(C(=O)N2CCCN(C(=O)CCCOc3ccccc3)CC2)cc1. The van der Waals surface area contributed by atoms with Gasteiger partial charge in [0, 0.05) is 38.2 Å². The highest BCUT2D eigenvalue weighted by Gasteiger charge is 2.22. The van der Waals surface area contributed by atoms with Gasteiger partial charge in [0.2, 0.25) is 5.91 Å². The van der Waals surface area contributed by atoms with Gasteiger partial charge in [-0.1, -0.05) is 18.2 Å². The van der Waals surface area contributed by atoms with E-state index in [4.69, 9.17) is 9.47 Å². The molecule has 3 rings (SSSR count). The summed E-state index contributed by atoms with van der Waals surface area (Å²) < 4.78 is 10.8. The second-order valence-electron chi connectivity index (χ2n) is 7.02. The molecule has 0 atom stereocenters. The minimum absolute atomic E-state index is 0.00165. The Hall–Kier alpha value is -3.02. The van der Waals surface area contributed by atoms with Crippen LogP contribution in [0.1, 0.15) is 29.6 Å². The molecule has 1 aliphatic rings. The minimum Gasteiger partial charge on any atom is -0.497 e. The molecule has 154 valence electrons. The summed E-state index contributed by atoms with van der Waals surface area (Å²) >= 11 is 0. The number of carbonyl (C=O) groups is 2. The lowest BCUT2D eigenvalue weighted by molar-refractivity contribution is -0.131. The summed E-state index contributed by atoms with van der Waals surface area (Å²) in [4.78, 5) is 29.0. The van der Waals surface area contributed by atoms with Gasteiger partial charge in [0.15, 0.2) is 0 Å². The fourth-order valence-electron chi connectivity index (χ4n) is 3.37. The Labute approximate surface area is 172 Å². The molecule has 0 saturated carbocycles. The second kappa shape index (κ2) is 10.5. The van der Waals surface area contributed by atoms with E-state index >= 15 is 0 Å². The number of rotatable bonds is 7. The van der Waals surface area contributed by atoms with Crippen LogP contribution in [-0.4, -0.2) is 61.5 Å². The number of benzene rings is 2. The van der Waals surface area contributed by atoms with Gasteiger partial charge in [-0.2, -0.15) is 0 Å². The minimum atomic E-state index is -0.00165. The molecule has 1 heterocycles. The van der Waals surface area contributed by atoms with Crippen molar-refractivity contribution in [1.29, 1.82) is 0 Å². The van der Waals surface area contributed by atoms with Gasteiger partial charge < -0.3 is 19.3 Å². The molecule has 6 nitrogen and oxygen atoms in total. The number of carbonyl (C=O) groups excluding carboxylic acids is 2. The Morgan fingerprint density at radius 1 is 0.862 bits per heavy atom. The summed E-state index contributed by atoms with van der Waals surface area (Å²) in [6.07, 6.45) is 1.92. The Bertz CT molecular complexity index is 792. The third kappa shape index (κ3) is 5.98. The fraction of sp³-hybridized carbons (Fsp3) is 0.391. The fourth-order valence-corrected chi connectivity index (χ4v) is 3.37. The van der Waals surface area contributed by atoms with Crippen LogP contribution in [0.5, 0.6) is 11.5 Å². The molecule has 6 heteroatoms. The summed E-state index contributed by atoms with van der Waals surface area (Å²) in [6, 6.07) is 16.8. The molecule has 29 heavy (non-hydrogen) atoms.